The third kappa shape index (κ3) is 2.75. The molecule has 2 atom stereocenters. The largest absolute Gasteiger partial charge is 0.365 e. The van der Waals surface area contributed by atoms with E-state index < -0.39 is 0 Å². The Balaban J connectivity index is 1.86. The highest BCUT2D eigenvalue weighted by atomic mass is 79.9. The van der Waals surface area contributed by atoms with E-state index in [9.17, 15) is 0 Å². The smallest absolute Gasteiger partial charge is 0.0515 e. The number of nitrogens with one attached hydrogen (secondary N) is 1. The number of hydrogen-bond donors (Lipinski definition) is 1. The predicted molar refractivity (Wildman–Crippen MR) is 89.5 cm³/mol. The molecule has 110 valence electrons. The van der Waals surface area contributed by atoms with Gasteiger partial charge in [0.2, 0.25) is 0 Å². The molecule has 2 aliphatic rings. The molecule has 0 radical (unpaired) electrons. The van der Waals surface area contributed by atoms with Crippen LogP contribution in [0, 0.1) is 6.92 Å². The van der Waals surface area contributed by atoms with Gasteiger partial charge in [0.25, 0.3) is 0 Å². The Kier molecular flexibility index (Phi) is 4.37. The molecule has 3 heteroatoms. The van der Waals surface area contributed by atoms with Crippen molar-refractivity contribution < 1.29 is 0 Å². The Bertz CT molecular complexity index is 460. The zero-order valence-corrected chi connectivity index (χ0v) is 14.1. The average molecular weight is 337 g/mol. The molecule has 1 N–H and O–H groups in total. The van der Waals surface area contributed by atoms with Gasteiger partial charge in [0.15, 0.2) is 0 Å². The SMILES string of the molecule is CCNC1CC2CCCC(C1)N2c1ccc(C)cc1Br. The summed E-state index contributed by atoms with van der Waals surface area (Å²) in [5.74, 6) is 0. The Morgan fingerprint density at radius 2 is 1.95 bits per heavy atom. The molecule has 2 aliphatic heterocycles. The summed E-state index contributed by atoms with van der Waals surface area (Å²) >= 11 is 3.78. The molecule has 2 bridgehead atoms. The highest BCUT2D eigenvalue weighted by Gasteiger charge is 2.38. The van der Waals surface area contributed by atoms with Crippen molar-refractivity contribution in [1.82, 2.24) is 5.32 Å². The number of piperidine rings is 2. The summed E-state index contributed by atoms with van der Waals surface area (Å²) in [6.07, 6.45) is 6.68. The number of anilines is 1. The van der Waals surface area contributed by atoms with E-state index in [1.54, 1.807) is 0 Å². The van der Waals surface area contributed by atoms with E-state index in [1.807, 2.05) is 0 Å². The molecule has 1 aromatic rings. The normalized spacial score (nSPS) is 29.6. The Morgan fingerprint density at radius 1 is 1.25 bits per heavy atom. The summed E-state index contributed by atoms with van der Waals surface area (Å²) in [4.78, 5) is 2.71. The second-order valence-electron chi connectivity index (χ2n) is 6.33. The maximum Gasteiger partial charge on any atom is 0.0515 e. The van der Waals surface area contributed by atoms with Gasteiger partial charge in [-0.2, -0.15) is 0 Å². The lowest BCUT2D eigenvalue weighted by Crippen LogP contribution is -2.56. The standard InChI is InChI=1S/C17H25BrN2/c1-3-19-13-10-14-5-4-6-15(11-13)20(14)17-8-7-12(2)9-16(17)18/h7-9,13-15,19H,3-6,10-11H2,1-2H3. The third-order valence-corrected chi connectivity index (χ3v) is 5.48. The van der Waals surface area contributed by atoms with Gasteiger partial charge in [0.05, 0.1) is 5.69 Å². The molecule has 20 heavy (non-hydrogen) atoms. The maximum absolute atomic E-state index is 3.78. The van der Waals surface area contributed by atoms with E-state index in [2.05, 4.69) is 58.2 Å². The first kappa shape index (κ1) is 14.4. The van der Waals surface area contributed by atoms with Gasteiger partial charge < -0.3 is 10.2 Å². The molecule has 1 aromatic carbocycles. The lowest BCUT2D eigenvalue weighted by molar-refractivity contribution is 0.247. The fourth-order valence-corrected chi connectivity index (χ4v) is 4.75. The van der Waals surface area contributed by atoms with Gasteiger partial charge in [-0.05, 0) is 79.2 Å². The Hall–Kier alpha value is -0.540. The van der Waals surface area contributed by atoms with E-state index in [0.29, 0.717) is 12.1 Å². The lowest BCUT2D eigenvalue weighted by atomic mass is 9.81. The summed E-state index contributed by atoms with van der Waals surface area (Å²) in [5, 5.41) is 3.67. The molecule has 2 heterocycles. The van der Waals surface area contributed by atoms with Crippen molar-refractivity contribution in [1.29, 1.82) is 0 Å². The quantitative estimate of drug-likeness (QED) is 0.887. The number of nitrogens with zero attached hydrogens (tertiary/aromatic N) is 1. The molecule has 2 unspecified atom stereocenters. The Morgan fingerprint density at radius 3 is 2.55 bits per heavy atom. The monoisotopic (exact) mass is 336 g/mol. The van der Waals surface area contributed by atoms with Crippen molar-refractivity contribution in [3.63, 3.8) is 0 Å². The fraction of sp³-hybridized carbons (Fsp3) is 0.647. The van der Waals surface area contributed by atoms with Gasteiger partial charge in [-0.25, -0.2) is 0 Å². The molecule has 0 amide bonds. The fourth-order valence-electron chi connectivity index (χ4n) is 4.05. The minimum absolute atomic E-state index is 0.713. The lowest BCUT2D eigenvalue weighted by Gasteiger charge is -2.50. The molecule has 0 spiro atoms. The van der Waals surface area contributed by atoms with E-state index in [-0.39, 0.29) is 0 Å². The number of aryl methyl sites for hydroxylation is 1. The first-order chi connectivity index (χ1) is 9.69. The number of halogens is 1. The molecule has 2 nitrogen and oxygen atoms in total. The number of rotatable bonds is 3. The summed E-state index contributed by atoms with van der Waals surface area (Å²) < 4.78 is 1.26. The van der Waals surface area contributed by atoms with Crippen LogP contribution in [0.25, 0.3) is 0 Å². The highest BCUT2D eigenvalue weighted by molar-refractivity contribution is 9.10. The van der Waals surface area contributed by atoms with Crippen molar-refractivity contribution >= 4 is 21.6 Å². The van der Waals surface area contributed by atoms with Gasteiger partial charge in [-0.15, -0.1) is 0 Å². The zero-order chi connectivity index (χ0) is 14.1. The van der Waals surface area contributed by atoms with Gasteiger partial charge in [0, 0.05) is 22.6 Å². The van der Waals surface area contributed by atoms with Crippen molar-refractivity contribution in [3.8, 4) is 0 Å². The van der Waals surface area contributed by atoms with Crippen LogP contribution < -0.4 is 10.2 Å². The van der Waals surface area contributed by atoms with Crippen molar-refractivity contribution in [2.45, 2.75) is 64.1 Å². The molecule has 2 fully saturated rings. The van der Waals surface area contributed by atoms with Crippen molar-refractivity contribution in [2.24, 2.45) is 0 Å². The van der Waals surface area contributed by atoms with Crippen LogP contribution in [0.5, 0.6) is 0 Å². The number of benzene rings is 1. The molecular formula is C17H25BrN2. The third-order valence-electron chi connectivity index (χ3n) is 4.85. The summed E-state index contributed by atoms with van der Waals surface area (Å²) in [5.41, 5.74) is 2.73. The second kappa shape index (κ2) is 6.07. The second-order valence-corrected chi connectivity index (χ2v) is 7.18. The van der Waals surface area contributed by atoms with Gasteiger partial charge in [0.1, 0.15) is 0 Å². The van der Waals surface area contributed by atoms with Gasteiger partial charge >= 0.3 is 0 Å². The van der Waals surface area contributed by atoms with E-state index in [4.69, 9.17) is 0 Å². The molecular weight excluding hydrogens is 312 g/mol. The maximum atomic E-state index is 3.78. The van der Waals surface area contributed by atoms with Crippen molar-refractivity contribution in [2.75, 3.05) is 11.4 Å². The first-order valence-electron chi connectivity index (χ1n) is 7.97. The Labute approximate surface area is 131 Å². The predicted octanol–water partition coefficient (Wildman–Crippen LogP) is 4.26. The number of hydrogen-bond acceptors (Lipinski definition) is 2. The van der Waals surface area contributed by atoms with Crippen LogP contribution in [-0.2, 0) is 0 Å². The first-order valence-corrected chi connectivity index (χ1v) is 8.76. The molecule has 0 saturated carbocycles. The van der Waals surface area contributed by atoms with Gasteiger partial charge in [-0.1, -0.05) is 13.0 Å². The van der Waals surface area contributed by atoms with Crippen LogP contribution in [0.15, 0.2) is 22.7 Å². The topological polar surface area (TPSA) is 15.3 Å². The highest BCUT2D eigenvalue weighted by Crippen LogP contribution is 2.40. The van der Waals surface area contributed by atoms with Crippen LogP contribution in [0.2, 0.25) is 0 Å². The average Bonchev–Trinajstić information content (AvgIpc) is 2.39. The van der Waals surface area contributed by atoms with Crippen LogP contribution in [0.1, 0.15) is 44.6 Å². The van der Waals surface area contributed by atoms with Crippen molar-refractivity contribution in [3.05, 3.63) is 28.2 Å². The van der Waals surface area contributed by atoms with E-state index in [0.717, 1.165) is 12.6 Å². The minimum Gasteiger partial charge on any atom is -0.365 e. The summed E-state index contributed by atoms with van der Waals surface area (Å²) in [6, 6.07) is 8.94. The van der Waals surface area contributed by atoms with Crippen LogP contribution in [-0.4, -0.2) is 24.7 Å². The number of fused-ring (bicyclic) bond motifs is 2. The van der Waals surface area contributed by atoms with Crippen LogP contribution in [0.3, 0.4) is 0 Å². The summed E-state index contributed by atoms with van der Waals surface area (Å²) in [7, 11) is 0. The van der Waals surface area contributed by atoms with E-state index in [1.165, 1.54) is 47.8 Å². The van der Waals surface area contributed by atoms with Crippen LogP contribution in [0.4, 0.5) is 5.69 Å². The van der Waals surface area contributed by atoms with Crippen LogP contribution >= 0.6 is 15.9 Å². The zero-order valence-electron chi connectivity index (χ0n) is 12.5. The minimum atomic E-state index is 0.713. The molecule has 0 aliphatic carbocycles. The van der Waals surface area contributed by atoms with E-state index >= 15 is 0 Å². The molecule has 3 rings (SSSR count). The van der Waals surface area contributed by atoms with Gasteiger partial charge in [-0.3, -0.25) is 0 Å². The molecule has 2 saturated heterocycles. The summed E-state index contributed by atoms with van der Waals surface area (Å²) in [6.45, 7) is 5.48. The molecule has 0 aromatic heterocycles.